The van der Waals surface area contributed by atoms with Crippen LogP contribution in [0.1, 0.15) is 49.3 Å². The first-order valence-electron chi connectivity index (χ1n) is 6.12. The van der Waals surface area contributed by atoms with Crippen molar-refractivity contribution in [3.63, 3.8) is 0 Å². The molecular formula is C14H19ClO. The molecule has 0 heterocycles. The van der Waals surface area contributed by atoms with Gasteiger partial charge in [0, 0.05) is 5.02 Å². The Bertz CT molecular complexity index is 356. The maximum absolute atomic E-state index is 10.3. The van der Waals surface area contributed by atoms with E-state index < -0.39 is 0 Å². The fourth-order valence-electron chi connectivity index (χ4n) is 2.58. The molecule has 2 heteroatoms. The van der Waals surface area contributed by atoms with Gasteiger partial charge < -0.3 is 5.11 Å². The topological polar surface area (TPSA) is 20.2 Å². The minimum atomic E-state index is -0.381. The van der Waals surface area contributed by atoms with Crippen LogP contribution in [0.2, 0.25) is 5.02 Å². The summed E-state index contributed by atoms with van der Waals surface area (Å²) >= 11 is 6.18. The van der Waals surface area contributed by atoms with E-state index in [1.54, 1.807) is 0 Å². The molecule has 0 aliphatic heterocycles. The van der Waals surface area contributed by atoms with Crippen molar-refractivity contribution in [2.24, 2.45) is 5.92 Å². The maximum atomic E-state index is 10.3. The van der Waals surface area contributed by atoms with Crippen molar-refractivity contribution in [2.75, 3.05) is 0 Å². The molecule has 1 N–H and O–H groups in total. The molecule has 1 aromatic rings. The highest BCUT2D eigenvalue weighted by atomic mass is 35.5. The molecule has 0 aromatic heterocycles. The molecular weight excluding hydrogens is 220 g/mol. The lowest BCUT2D eigenvalue weighted by molar-refractivity contribution is 0.0849. The molecule has 2 rings (SSSR count). The van der Waals surface area contributed by atoms with E-state index in [1.807, 2.05) is 25.1 Å². The molecule has 1 nitrogen and oxygen atoms in total. The second-order valence-electron chi connectivity index (χ2n) is 4.87. The number of aliphatic hydroxyl groups excluding tert-OH is 1. The molecule has 0 radical (unpaired) electrons. The smallest absolute Gasteiger partial charge is 0.0832 e. The zero-order valence-corrected chi connectivity index (χ0v) is 10.5. The van der Waals surface area contributed by atoms with E-state index in [0.717, 1.165) is 24.0 Å². The van der Waals surface area contributed by atoms with Crippen LogP contribution >= 0.6 is 11.6 Å². The molecule has 1 saturated carbocycles. The third kappa shape index (κ3) is 2.58. The Morgan fingerprint density at radius 3 is 2.56 bits per heavy atom. The van der Waals surface area contributed by atoms with Crippen molar-refractivity contribution >= 4 is 11.6 Å². The van der Waals surface area contributed by atoms with Crippen LogP contribution in [0.15, 0.2) is 18.2 Å². The molecule has 88 valence electrons. The summed E-state index contributed by atoms with van der Waals surface area (Å²) in [4.78, 5) is 0. The number of hydrogen-bond acceptors (Lipinski definition) is 1. The lowest BCUT2D eigenvalue weighted by Crippen LogP contribution is -2.16. The molecule has 0 bridgehead atoms. The summed E-state index contributed by atoms with van der Waals surface area (Å²) in [5.74, 6) is 0.397. The Morgan fingerprint density at radius 1 is 1.25 bits per heavy atom. The summed E-state index contributed by atoms with van der Waals surface area (Å²) in [7, 11) is 0. The highest BCUT2D eigenvalue weighted by Gasteiger charge is 2.24. The minimum Gasteiger partial charge on any atom is -0.388 e. The number of rotatable bonds is 2. The fourth-order valence-corrected chi connectivity index (χ4v) is 2.92. The molecule has 1 aliphatic carbocycles. The lowest BCUT2D eigenvalue weighted by atomic mass is 9.82. The van der Waals surface area contributed by atoms with Gasteiger partial charge >= 0.3 is 0 Å². The highest BCUT2D eigenvalue weighted by Crippen LogP contribution is 2.36. The zero-order valence-electron chi connectivity index (χ0n) is 9.75. The van der Waals surface area contributed by atoms with Gasteiger partial charge in [-0.2, -0.15) is 0 Å². The van der Waals surface area contributed by atoms with Crippen LogP contribution in [0.25, 0.3) is 0 Å². The van der Waals surface area contributed by atoms with E-state index in [1.165, 1.54) is 19.3 Å². The molecule has 1 unspecified atom stereocenters. The van der Waals surface area contributed by atoms with Crippen LogP contribution in [-0.2, 0) is 0 Å². The second-order valence-corrected chi connectivity index (χ2v) is 5.28. The van der Waals surface area contributed by atoms with Crippen molar-refractivity contribution < 1.29 is 5.11 Å². The van der Waals surface area contributed by atoms with Crippen LogP contribution in [0.4, 0.5) is 0 Å². The molecule has 1 fully saturated rings. The van der Waals surface area contributed by atoms with E-state index in [-0.39, 0.29) is 6.10 Å². The van der Waals surface area contributed by atoms with Crippen molar-refractivity contribution in [1.82, 2.24) is 0 Å². The summed E-state index contributed by atoms with van der Waals surface area (Å²) in [5, 5.41) is 11.0. The molecule has 16 heavy (non-hydrogen) atoms. The monoisotopic (exact) mass is 238 g/mol. The van der Waals surface area contributed by atoms with E-state index in [2.05, 4.69) is 0 Å². The van der Waals surface area contributed by atoms with E-state index in [4.69, 9.17) is 11.6 Å². The van der Waals surface area contributed by atoms with Crippen LogP contribution in [0.5, 0.6) is 0 Å². The van der Waals surface area contributed by atoms with E-state index in [9.17, 15) is 5.11 Å². The molecule has 0 amide bonds. The van der Waals surface area contributed by atoms with Crippen molar-refractivity contribution in [2.45, 2.75) is 45.1 Å². The van der Waals surface area contributed by atoms with E-state index in [0.29, 0.717) is 10.9 Å². The first kappa shape index (κ1) is 11.9. The minimum absolute atomic E-state index is 0.381. The summed E-state index contributed by atoms with van der Waals surface area (Å²) in [6.45, 7) is 2.02. The number of halogens is 1. The number of hydrogen-bond donors (Lipinski definition) is 1. The van der Waals surface area contributed by atoms with Gasteiger partial charge in [0.2, 0.25) is 0 Å². The number of aryl methyl sites for hydroxylation is 1. The summed E-state index contributed by atoms with van der Waals surface area (Å²) in [6.07, 6.45) is 5.67. The maximum Gasteiger partial charge on any atom is 0.0832 e. The average molecular weight is 239 g/mol. The Morgan fingerprint density at radius 2 is 1.94 bits per heavy atom. The molecule has 0 saturated heterocycles. The quantitative estimate of drug-likeness (QED) is 0.816. The molecule has 1 atom stereocenters. The Kier molecular flexibility index (Phi) is 3.88. The number of aliphatic hydroxyl groups is 1. The van der Waals surface area contributed by atoms with Crippen LogP contribution in [0, 0.1) is 12.8 Å². The van der Waals surface area contributed by atoms with Crippen LogP contribution < -0.4 is 0 Å². The van der Waals surface area contributed by atoms with Gasteiger partial charge in [0.25, 0.3) is 0 Å². The lowest BCUT2D eigenvalue weighted by Gasteiger charge is -2.27. The first-order chi connectivity index (χ1) is 7.68. The van der Waals surface area contributed by atoms with Crippen molar-refractivity contribution in [3.05, 3.63) is 34.3 Å². The Labute approximate surface area is 102 Å². The Balaban J connectivity index is 2.15. The van der Waals surface area contributed by atoms with Crippen molar-refractivity contribution in [1.29, 1.82) is 0 Å². The van der Waals surface area contributed by atoms with Gasteiger partial charge in [0.1, 0.15) is 0 Å². The van der Waals surface area contributed by atoms with Gasteiger partial charge in [0.15, 0.2) is 0 Å². The van der Waals surface area contributed by atoms with E-state index >= 15 is 0 Å². The fraction of sp³-hybridized carbons (Fsp3) is 0.571. The predicted octanol–water partition coefficient (Wildman–Crippen LogP) is 4.26. The van der Waals surface area contributed by atoms with Gasteiger partial charge in [-0.3, -0.25) is 0 Å². The van der Waals surface area contributed by atoms with Crippen LogP contribution in [-0.4, -0.2) is 5.11 Å². The van der Waals surface area contributed by atoms with Gasteiger partial charge in [-0.1, -0.05) is 43.0 Å². The third-order valence-electron chi connectivity index (χ3n) is 3.57. The normalized spacial score (nSPS) is 19.7. The number of benzene rings is 1. The zero-order chi connectivity index (χ0) is 11.5. The predicted molar refractivity (Wildman–Crippen MR) is 67.7 cm³/mol. The summed E-state index contributed by atoms with van der Waals surface area (Å²) in [6, 6.07) is 5.92. The standard InChI is InChI=1S/C14H19ClO/c1-10-7-8-12(13(15)9-10)14(16)11-5-3-2-4-6-11/h7-9,11,14,16H,2-6H2,1H3. The molecule has 1 aromatic carbocycles. The van der Waals surface area contributed by atoms with Crippen molar-refractivity contribution in [3.8, 4) is 0 Å². The van der Waals surface area contributed by atoms with Gasteiger partial charge in [-0.15, -0.1) is 0 Å². The highest BCUT2D eigenvalue weighted by molar-refractivity contribution is 6.31. The van der Waals surface area contributed by atoms with Crippen LogP contribution in [0.3, 0.4) is 0 Å². The molecule has 1 aliphatic rings. The largest absolute Gasteiger partial charge is 0.388 e. The average Bonchev–Trinajstić information content (AvgIpc) is 2.29. The Hall–Kier alpha value is -0.530. The first-order valence-corrected chi connectivity index (χ1v) is 6.50. The third-order valence-corrected chi connectivity index (χ3v) is 3.90. The SMILES string of the molecule is Cc1ccc(C(O)C2CCCCC2)c(Cl)c1. The summed E-state index contributed by atoms with van der Waals surface area (Å²) < 4.78 is 0. The molecule has 0 spiro atoms. The second kappa shape index (κ2) is 5.20. The van der Waals surface area contributed by atoms with Gasteiger partial charge in [0.05, 0.1) is 6.10 Å². The van der Waals surface area contributed by atoms with Gasteiger partial charge in [-0.25, -0.2) is 0 Å². The van der Waals surface area contributed by atoms with Gasteiger partial charge in [-0.05, 0) is 42.9 Å². The summed E-state index contributed by atoms with van der Waals surface area (Å²) in [5.41, 5.74) is 2.05.